The fourth-order valence-electron chi connectivity index (χ4n) is 4.11. The minimum atomic E-state index is 0.748. The molecule has 188 valence electrons. The van der Waals surface area contributed by atoms with Gasteiger partial charge >= 0.3 is 0 Å². The third kappa shape index (κ3) is 16.7. The Labute approximate surface area is 209 Å². The van der Waals surface area contributed by atoms with E-state index < -0.39 is 0 Å². The molecule has 0 fully saturated rings. The summed E-state index contributed by atoms with van der Waals surface area (Å²) in [5, 5.41) is 0. The van der Waals surface area contributed by atoms with Crippen molar-refractivity contribution >= 4 is 0 Å². The van der Waals surface area contributed by atoms with Crippen molar-refractivity contribution in [2.45, 2.75) is 103 Å². The molecule has 2 aromatic rings. The lowest BCUT2D eigenvalue weighted by atomic mass is 10.1. The van der Waals surface area contributed by atoms with E-state index in [0.717, 1.165) is 26.4 Å². The van der Waals surface area contributed by atoms with Crippen molar-refractivity contribution in [2.75, 3.05) is 13.2 Å². The fraction of sp³-hybridized carbons (Fsp3) is 0.562. The number of benzene rings is 2. The highest BCUT2D eigenvalue weighted by atomic mass is 16.5. The van der Waals surface area contributed by atoms with Crippen LogP contribution in [0.1, 0.15) is 101 Å². The summed E-state index contributed by atoms with van der Waals surface area (Å²) in [7, 11) is 0. The van der Waals surface area contributed by atoms with Crippen LogP contribution in [-0.4, -0.2) is 13.2 Å². The zero-order valence-electron chi connectivity index (χ0n) is 21.5. The average Bonchev–Trinajstić information content (AvgIpc) is 2.88. The second kappa shape index (κ2) is 21.6. The zero-order chi connectivity index (χ0) is 23.8. The largest absolute Gasteiger partial charge is 0.377 e. The van der Waals surface area contributed by atoms with Crippen molar-refractivity contribution in [1.82, 2.24) is 0 Å². The van der Waals surface area contributed by atoms with E-state index in [1.54, 1.807) is 0 Å². The molecule has 0 aliphatic rings. The van der Waals surface area contributed by atoms with Crippen LogP contribution in [-0.2, 0) is 22.7 Å². The van der Waals surface area contributed by atoms with Crippen LogP contribution in [0.2, 0.25) is 0 Å². The standard InChI is InChI=1S/C32H48O2/c1(3-5-7-9-11-13-21-27-33-29-31-23-17-15-18-24-31)2-4-6-8-10-12-14-22-28-34-30-32-25-19-16-20-26-32/h1-2,15-20,23-26H,3-14,21-22,27-30H2/b2-1-. The van der Waals surface area contributed by atoms with Crippen molar-refractivity contribution in [2.24, 2.45) is 0 Å². The molecular weight excluding hydrogens is 416 g/mol. The Balaban J connectivity index is 1.22. The molecule has 0 heterocycles. The number of hydrogen-bond acceptors (Lipinski definition) is 2. The Bertz CT molecular complexity index is 634. The maximum Gasteiger partial charge on any atom is 0.0716 e. The van der Waals surface area contributed by atoms with Gasteiger partial charge in [-0.3, -0.25) is 0 Å². The van der Waals surface area contributed by atoms with Gasteiger partial charge in [0.15, 0.2) is 0 Å². The monoisotopic (exact) mass is 464 g/mol. The van der Waals surface area contributed by atoms with Gasteiger partial charge in [0.1, 0.15) is 0 Å². The Morgan fingerprint density at radius 1 is 0.412 bits per heavy atom. The molecule has 0 aliphatic carbocycles. The Kier molecular flexibility index (Phi) is 18.0. The molecule has 0 amide bonds. The molecule has 0 N–H and O–H groups in total. The van der Waals surface area contributed by atoms with Crippen molar-refractivity contribution < 1.29 is 9.47 Å². The first-order chi connectivity index (χ1) is 16.9. The van der Waals surface area contributed by atoms with Gasteiger partial charge in [-0.2, -0.15) is 0 Å². The van der Waals surface area contributed by atoms with Crippen molar-refractivity contribution in [3.05, 3.63) is 83.9 Å². The number of allylic oxidation sites excluding steroid dienone is 2. The highest BCUT2D eigenvalue weighted by Crippen LogP contribution is 2.11. The van der Waals surface area contributed by atoms with Crippen molar-refractivity contribution in [3.63, 3.8) is 0 Å². The van der Waals surface area contributed by atoms with Crippen LogP contribution in [0, 0.1) is 0 Å². The minimum absolute atomic E-state index is 0.748. The summed E-state index contributed by atoms with van der Waals surface area (Å²) in [6.45, 7) is 3.28. The molecule has 0 aliphatic heterocycles. The van der Waals surface area contributed by atoms with Gasteiger partial charge in [0, 0.05) is 13.2 Å². The second-order valence-corrected chi connectivity index (χ2v) is 9.37. The van der Waals surface area contributed by atoms with Gasteiger partial charge in [0.25, 0.3) is 0 Å². The molecule has 34 heavy (non-hydrogen) atoms. The normalized spacial score (nSPS) is 11.4. The van der Waals surface area contributed by atoms with E-state index in [1.165, 1.54) is 101 Å². The molecule has 0 unspecified atom stereocenters. The maximum atomic E-state index is 5.75. The predicted octanol–water partition coefficient (Wildman–Crippen LogP) is 9.44. The summed E-state index contributed by atoms with van der Waals surface area (Å²) in [6.07, 6.45) is 23.1. The first-order valence-corrected chi connectivity index (χ1v) is 13.8. The lowest BCUT2D eigenvalue weighted by Gasteiger charge is -2.04. The Morgan fingerprint density at radius 2 is 0.765 bits per heavy atom. The molecule has 2 aromatic carbocycles. The van der Waals surface area contributed by atoms with E-state index in [9.17, 15) is 0 Å². The summed E-state index contributed by atoms with van der Waals surface area (Å²) < 4.78 is 11.5. The number of rotatable bonds is 22. The van der Waals surface area contributed by atoms with E-state index in [1.807, 2.05) is 0 Å². The topological polar surface area (TPSA) is 18.5 Å². The average molecular weight is 465 g/mol. The van der Waals surface area contributed by atoms with Gasteiger partial charge in [-0.05, 0) is 49.7 Å². The quantitative estimate of drug-likeness (QED) is 0.128. The zero-order valence-corrected chi connectivity index (χ0v) is 21.5. The maximum absolute atomic E-state index is 5.75. The van der Waals surface area contributed by atoms with Gasteiger partial charge in [-0.15, -0.1) is 0 Å². The summed E-state index contributed by atoms with van der Waals surface area (Å²) in [6, 6.07) is 20.9. The molecule has 0 atom stereocenters. The molecule has 0 bridgehead atoms. The Hall–Kier alpha value is -1.90. The van der Waals surface area contributed by atoms with Gasteiger partial charge in [-0.1, -0.05) is 124 Å². The molecule has 2 rings (SSSR count). The summed E-state index contributed by atoms with van der Waals surface area (Å²) >= 11 is 0. The minimum Gasteiger partial charge on any atom is -0.377 e. The van der Waals surface area contributed by atoms with Crippen LogP contribution in [0.25, 0.3) is 0 Å². The van der Waals surface area contributed by atoms with Crippen LogP contribution in [0.3, 0.4) is 0 Å². The number of hydrogen-bond donors (Lipinski definition) is 0. The van der Waals surface area contributed by atoms with Crippen LogP contribution in [0.4, 0.5) is 0 Å². The fourth-order valence-corrected chi connectivity index (χ4v) is 4.11. The molecule has 2 nitrogen and oxygen atoms in total. The van der Waals surface area contributed by atoms with Gasteiger partial charge < -0.3 is 9.47 Å². The number of unbranched alkanes of at least 4 members (excludes halogenated alkanes) is 12. The third-order valence-corrected chi connectivity index (χ3v) is 6.21. The molecule has 0 aromatic heterocycles. The van der Waals surface area contributed by atoms with E-state index in [2.05, 4.69) is 72.8 Å². The first kappa shape index (κ1) is 28.3. The molecule has 0 saturated heterocycles. The van der Waals surface area contributed by atoms with E-state index in [0.29, 0.717) is 0 Å². The summed E-state index contributed by atoms with van der Waals surface area (Å²) in [4.78, 5) is 0. The van der Waals surface area contributed by atoms with E-state index >= 15 is 0 Å². The molecule has 0 radical (unpaired) electrons. The van der Waals surface area contributed by atoms with Crippen LogP contribution in [0.5, 0.6) is 0 Å². The molecule has 0 saturated carbocycles. The summed E-state index contributed by atoms with van der Waals surface area (Å²) in [5.74, 6) is 0. The highest BCUT2D eigenvalue weighted by Gasteiger charge is 1.95. The van der Waals surface area contributed by atoms with Gasteiger partial charge in [-0.25, -0.2) is 0 Å². The highest BCUT2D eigenvalue weighted by molar-refractivity contribution is 5.14. The molecule has 0 spiro atoms. The van der Waals surface area contributed by atoms with E-state index in [4.69, 9.17) is 9.47 Å². The SMILES string of the molecule is C(=C/CCCCCCCCOCc1ccccc1)/CCCCCCCCOCc1ccccc1. The lowest BCUT2D eigenvalue weighted by molar-refractivity contribution is 0.116. The van der Waals surface area contributed by atoms with Crippen LogP contribution >= 0.6 is 0 Å². The molecule has 2 heteroatoms. The first-order valence-electron chi connectivity index (χ1n) is 13.8. The van der Waals surface area contributed by atoms with Crippen molar-refractivity contribution in [3.8, 4) is 0 Å². The van der Waals surface area contributed by atoms with Gasteiger partial charge in [0.05, 0.1) is 13.2 Å². The number of ether oxygens (including phenoxy) is 2. The lowest BCUT2D eigenvalue weighted by Crippen LogP contribution is -1.95. The Morgan fingerprint density at radius 3 is 1.18 bits per heavy atom. The van der Waals surface area contributed by atoms with Gasteiger partial charge in [0.2, 0.25) is 0 Å². The smallest absolute Gasteiger partial charge is 0.0716 e. The second-order valence-electron chi connectivity index (χ2n) is 9.37. The predicted molar refractivity (Wildman–Crippen MR) is 146 cm³/mol. The van der Waals surface area contributed by atoms with Crippen molar-refractivity contribution in [1.29, 1.82) is 0 Å². The summed E-state index contributed by atoms with van der Waals surface area (Å²) in [5.41, 5.74) is 2.54. The van der Waals surface area contributed by atoms with E-state index in [-0.39, 0.29) is 0 Å². The molecular formula is C32H48O2. The van der Waals surface area contributed by atoms with Crippen LogP contribution < -0.4 is 0 Å². The van der Waals surface area contributed by atoms with Crippen LogP contribution in [0.15, 0.2) is 72.8 Å². The third-order valence-electron chi connectivity index (χ3n) is 6.21.